The van der Waals surface area contributed by atoms with Crippen LogP contribution in [0.3, 0.4) is 0 Å². The van der Waals surface area contributed by atoms with Crippen molar-refractivity contribution >= 4 is 0 Å². The molecular weight excluding hydrogens is 276 g/mol. The van der Waals surface area contributed by atoms with Gasteiger partial charge in [0.25, 0.3) is 0 Å². The van der Waals surface area contributed by atoms with E-state index in [4.69, 9.17) is 9.47 Å². The Morgan fingerprint density at radius 3 is 1.35 bits per heavy atom. The van der Waals surface area contributed by atoms with Crippen molar-refractivity contribution in [2.45, 2.75) is 54.9 Å². The summed E-state index contributed by atoms with van der Waals surface area (Å²) in [6.45, 7) is -0.595. The molecule has 7 N–H and O–H groups in total. The molecule has 2 saturated heterocycles. The van der Waals surface area contributed by atoms with Crippen molar-refractivity contribution in [2.75, 3.05) is 13.2 Å². The van der Waals surface area contributed by atoms with Gasteiger partial charge in [0.1, 0.15) is 54.9 Å². The number of aliphatic hydroxyl groups excluding tert-OH is 7. The van der Waals surface area contributed by atoms with E-state index in [1.807, 2.05) is 0 Å². The molecule has 2 aliphatic rings. The second-order valence-corrected chi connectivity index (χ2v) is 5.18. The van der Waals surface area contributed by atoms with E-state index in [1.165, 1.54) is 0 Å². The molecule has 0 aliphatic carbocycles. The van der Waals surface area contributed by atoms with Crippen molar-refractivity contribution in [3.05, 3.63) is 0 Å². The summed E-state index contributed by atoms with van der Waals surface area (Å²) in [6, 6.07) is 0. The summed E-state index contributed by atoms with van der Waals surface area (Å²) < 4.78 is 10.1. The second-order valence-electron chi connectivity index (χ2n) is 5.18. The summed E-state index contributed by atoms with van der Waals surface area (Å²) in [6.07, 6.45) is -12.9. The van der Waals surface area contributed by atoms with Gasteiger partial charge in [-0.1, -0.05) is 0 Å². The number of hydrogen-bond donors (Lipinski definition) is 7. The second kappa shape index (κ2) is 6.18. The van der Waals surface area contributed by atoms with Gasteiger partial charge in [0.15, 0.2) is 0 Å². The lowest BCUT2D eigenvalue weighted by atomic mass is 9.88. The largest absolute Gasteiger partial charge is 0.388 e. The quantitative estimate of drug-likeness (QED) is 0.265. The van der Waals surface area contributed by atoms with Crippen LogP contribution in [-0.4, -0.2) is 104 Å². The van der Waals surface area contributed by atoms with Crippen LogP contribution in [0.25, 0.3) is 0 Å². The molecule has 1 unspecified atom stereocenters. The minimum absolute atomic E-state index is 0.298. The fraction of sp³-hybridized carbons (Fsp3) is 1.00. The van der Waals surface area contributed by atoms with E-state index in [0.717, 1.165) is 0 Å². The molecule has 0 aromatic heterocycles. The highest BCUT2D eigenvalue weighted by Gasteiger charge is 2.48. The molecular formula is C11H20O9. The Labute approximate surface area is 114 Å². The molecule has 0 aromatic rings. The molecule has 2 aliphatic heterocycles. The standard InChI is InChI=1S/C11H20O9/c12-3-1-19-10(7(16)5(3)14)9(18)11-8(17)6(15)4(13)2-20-11/h3-18H,1-2H2/t3-,4+,5-,6-,7+,8+,9?,10-,11+/m0/s1. The molecule has 9 nitrogen and oxygen atoms in total. The number of rotatable bonds is 2. The highest BCUT2D eigenvalue weighted by atomic mass is 16.6. The predicted octanol–water partition coefficient (Wildman–Crippen LogP) is -4.69. The highest BCUT2D eigenvalue weighted by Crippen LogP contribution is 2.25. The van der Waals surface area contributed by atoms with Crippen LogP contribution in [0.5, 0.6) is 0 Å². The first kappa shape index (κ1) is 16.0. The average Bonchev–Trinajstić information content (AvgIpc) is 2.42. The lowest BCUT2D eigenvalue weighted by Crippen LogP contribution is -2.64. The average molecular weight is 296 g/mol. The van der Waals surface area contributed by atoms with Crippen molar-refractivity contribution in [2.24, 2.45) is 0 Å². The third kappa shape index (κ3) is 2.82. The van der Waals surface area contributed by atoms with E-state index >= 15 is 0 Å². The molecule has 20 heavy (non-hydrogen) atoms. The van der Waals surface area contributed by atoms with E-state index in [0.29, 0.717) is 0 Å². The van der Waals surface area contributed by atoms with E-state index in [9.17, 15) is 35.7 Å². The molecule has 0 spiro atoms. The SMILES string of the molecule is OC([C@H]1OC[C@H](O)[C@H](O)[C@H]1O)[C@@H]1OC[C@@H](O)[C@H](O)[C@H]1O. The molecule has 9 atom stereocenters. The van der Waals surface area contributed by atoms with Gasteiger partial charge in [-0.25, -0.2) is 0 Å². The van der Waals surface area contributed by atoms with Crippen molar-refractivity contribution < 1.29 is 45.2 Å². The summed E-state index contributed by atoms with van der Waals surface area (Å²) in [5, 5.41) is 67.3. The minimum Gasteiger partial charge on any atom is -0.388 e. The third-order valence-electron chi connectivity index (χ3n) is 3.75. The minimum atomic E-state index is -1.58. The molecule has 0 bridgehead atoms. The third-order valence-corrected chi connectivity index (χ3v) is 3.75. The van der Waals surface area contributed by atoms with Crippen molar-refractivity contribution in [3.8, 4) is 0 Å². The zero-order valence-corrected chi connectivity index (χ0v) is 10.6. The lowest BCUT2D eigenvalue weighted by Gasteiger charge is -2.43. The topological polar surface area (TPSA) is 160 Å². The van der Waals surface area contributed by atoms with Gasteiger partial charge in [-0.15, -0.1) is 0 Å². The van der Waals surface area contributed by atoms with Crippen LogP contribution in [0.15, 0.2) is 0 Å². The lowest BCUT2D eigenvalue weighted by molar-refractivity contribution is -0.258. The van der Waals surface area contributed by atoms with E-state index in [-0.39, 0.29) is 13.2 Å². The first-order valence-electron chi connectivity index (χ1n) is 6.34. The van der Waals surface area contributed by atoms with Gasteiger partial charge in [0.2, 0.25) is 0 Å². The Kier molecular flexibility index (Phi) is 4.95. The van der Waals surface area contributed by atoms with Crippen molar-refractivity contribution in [1.29, 1.82) is 0 Å². The van der Waals surface area contributed by atoms with Crippen LogP contribution in [0, 0.1) is 0 Å². The first-order chi connectivity index (χ1) is 9.34. The molecule has 0 radical (unpaired) electrons. The predicted molar refractivity (Wildman–Crippen MR) is 61.5 cm³/mol. The van der Waals surface area contributed by atoms with Gasteiger partial charge in [0.05, 0.1) is 13.2 Å². The monoisotopic (exact) mass is 296 g/mol. The molecule has 0 aromatic carbocycles. The van der Waals surface area contributed by atoms with Gasteiger partial charge in [0, 0.05) is 0 Å². The van der Waals surface area contributed by atoms with Gasteiger partial charge >= 0.3 is 0 Å². The van der Waals surface area contributed by atoms with Crippen LogP contribution in [-0.2, 0) is 9.47 Å². The van der Waals surface area contributed by atoms with E-state index in [2.05, 4.69) is 0 Å². The number of aliphatic hydroxyl groups is 7. The summed E-state index contributed by atoms with van der Waals surface area (Å²) in [7, 11) is 0. The van der Waals surface area contributed by atoms with Crippen molar-refractivity contribution in [1.82, 2.24) is 0 Å². The summed E-state index contributed by atoms with van der Waals surface area (Å²) >= 11 is 0. The van der Waals surface area contributed by atoms with Gasteiger partial charge < -0.3 is 45.2 Å². The Morgan fingerprint density at radius 2 is 1.00 bits per heavy atom. The summed E-state index contributed by atoms with van der Waals surface area (Å²) in [4.78, 5) is 0. The Bertz CT molecular complexity index is 297. The zero-order valence-electron chi connectivity index (χ0n) is 10.6. The number of hydrogen-bond acceptors (Lipinski definition) is 9. The van der Waals surface area contributed by atoms with Crippen molar-refractivity contribution in [3.63, 3.8) is 0 Å². The zero-order chi connectivity index (χ0) is 15.0. The molecule has 2 heterocycles. The van der Waals surface area contributed by atoms with Gasteiger partial charge in [-0.05, 0) is 0 Å². The maximum absolute atomic E-state index is 10.1. The van der Waals surface area contributed by atoms with Crippen LogP contribution < -0.4 is 0 Å². The first-order valence-corrected chi connectivity index (χ1v) is 6.34. The summed E-state index contributed by atoms with van der Waals surface area (Å²) in [5.41, 5.74) is 0. The Balaban J connectivity index is 2.05. The molecule has 0 amide bonds. The molecule has 0 saturated carbocycles. The molecule has 9 heteroatoms. The molecule has 2 rings (SSSR count). The van der Waals surface area contributed by atoms with Crippen LogP contribution in [0.4, 0.5) is 0 Å². The summed E-state index contributed by atoms with van der Waals surface area (Å²) in [5.74, 6) is 0. The van der Waals surface area contributed by atoms with Crippen LogP contribution >= 0.6 is 0 Å². The van der Waals surface area contributed by atoms with Crippen LogP contribution in [0.1, 0.15) is 0 Å². The van der Waals surface area contributed by atoms with Crippen LogP contribution in [0.2, 0.25) is 0 Å². The van der Waals surface area contributed by atoms with E-state index in [1.54, 1.807) is 0 Å². The van der Waals surface area contributed by atoms with Gasteiger partial charge in [-0.3, -0.25) is 0 Å². The Hall–Kier alpha value is -0.360. The Morgan fingerprint density at radius 1 is 0.650 bits per heavy atom. The fourth-order valence-electron chi connectivity index (χ4n) is 2.45. The normalized spacial score (nSPS) is 51.8. The maximum Gasteiger partial charge on any atom is 0.115 e. The maximum atomic E-state index is 10.1. The number of ether oxygens (including phenoxy) is 2. The van der Waals surface area contributed by atoms with E-state index < -0.39 is 54.9 Å². The molecule has 2 fully saturated rings. The smallest absolute Gasteiger partial charge is 0.115 e. The van der Waals surface area contributed by atoms with Gasteiger partial charge in [-0.2, -0.15) is 0 Å². The molecule has 118 valence electrons. The highest BCUT2D eigenvalue weighted by molar-refractivity contribution is 4.98. The fourth-order valence-corrected chi connectivity index (χ4v) is 2.45.